The predicted octanol–water partition coefficient (Wildman–Crippen LogP) is 6.93. The molecule has 21 heavy (non-hydrogen) atoms. The molecule has 1 N–H and O–H groups in total. The Balaban J connectivity index is 2.26. The van der Waals surface area contributed by atoms with E-state index in [0.717, 1.165) is 4.47 Å². The summed E-state index contributed by atoms with van der Waals surface area (Å²) in [5, 5.41) is 5.81. The zero-order valence-electron chi connectivity index (χ0n) is 13.4. The first-order valence-electron chi connectivity index (χ1n) is 7.52. The van der Waals surface area contributed by atoms with Crippen LogP contribution in [0.5, 0.6) is 0 Å². The lowest BCUT2D eigenvalue weighted by Crippen LogP contribution is -2.08. The molecule has 3 heteroatoms. The van der Waals surface area contributed by atoms with Crippen molar-refractivity contribution >= 4 is 33.0 Å². The monoisotopic (exact) mass is 365 g/mol. The molecule has 2 aromatic rings. The smallest absolute Gasteiger partial charge is 0.0578 e. The van der Waals surface area contributed by atoms with E-state index >= 15 is 0 Å². The lowest BCUT2D eigenvalue weighted by Gasteiger charge is -2.21. The molecule has 1 atom stereocenters. The van der Waals surface area contributed by atoms with Crippen molar-refractivity contribution in [2.75, 3.05) is 5.32 Å². The number of anilines is 1. The molecule has 1 unspecified atom stereocenters. The fourth-order valence-corrected chi connectivity index (χ4v) is 3.86. The van der Waals surface area contributed by atoms with E-state index in [0.29, 0.717) is 17.9 Å². The third-order valence-electron chi connectivity index (χ3n) is 3.75. The number of benzene rings is 1. The lowest BCUT2D eigenvalue weighted by atomic mass is 9.94. The number of halogens is 1. The van der Waals surface area contributed by atoms with Gasteiger partial charge in [0, 0.05) is 20.4 Å². The molecule has 114 valence electrons. The zero-order chi connectivity index (χ0) is 15.6. The van der Waals surface area contributed by atoms with Crippen LogP contribution in [0, 0.1) is 0 Å². The van der Waals surface area contributed by atoms with E-state index in [1.807, 2.05) is 0 Å². The first-order valence-corrected chi connectivity index (χ1v) is 9.20. The summed E-state index contributed by atoms with van der Waals surface area (Å²) in [6, 6.07) is 9.36. The van der Waals surface area contributed by atoms with Crippen LogP contribution in [0.4, 0.5) is 5.69 Å². The average molecular weight is 366 g/mol. The molecule has 0 aliphatic heterocycles. The van der Waals surface area contributed by atoms with Crippen LogP contribution in [0.25, 0.3) is 0 Å². The molecule has 1 aromatic carbocycles. The molecule has 1 heterocycles. The minimum atomic E-state index is 0.323. The van der Waals surface area contributed by atoms with Gasteiger partial charge in [-0.15, -0.1) is 11.3 Å². The van der Waals surface area contributed by atoms with Crippen molar-refractivity contribution in [3.63, 3.8) is 0 Å². The van der Waals surface area contributed by atoms with Crippen molar-refractivity contribution in [3.05, 3.63) is 50.1 Å². The van der Waals surface area contributed by atoms with Gasteiger partial charge < -0.3 is 5.32 Å². The van der Waals surface area contributed by atoms with E-state index < -0.39 is 0 Å². The summed E-state index contributed by atoms with van der Waals surface area (Å²) in [5.41, 5.74) is 4.07. The Hall–Kier alpha value is -0.800. The van der Waals surface area contributed by atoms with Crippen LogP contribution in [-0.2, 0) is 0 Å². The quantitative estimate of drug-likeness (QED) is 0.605. The highest BCUT2D eigenvalue weighted by molar-refractivity contribution is 9.10. The van der Waals surface area contributed by atoms with Gasteiger partial charge in [-0.25, -0.2) is 0 Å². The van der Waals surface area contributed by atoms with Crippen LogP contribution in [-0.4, -0.2) is 0 Å². The molecular weight excluding hydrogens is 342 g/mol. The fraction of sp³-hybridized carbons (Fsp3) is 0.444. The van der Waals surface area contributed by atoms with Gasteiger partial charge in [-0.05, 0) is 57.9 Å². The van der Waals surface area contributed by atoms with Gasteiger partial charge in [-0.3, -0.25) is 0 Å². The summed E-state index contributed by atoms with van der Waals surface area (Å²) in [7, 11) is 0. The molecule has 0 radical (unpaired) electrons. The van der Waals surface area contributed by atoms with Crippen molar-refractivity contribution < 1.29 is 0 Å². The first kappa shape index (κ1) is 16.6. The summed E-state index contributed by atoms with van der Waals surface area (Å²) in [6.45, 7) is 11.2. The van der Waals surface area contributed by atoms with E-state index in [2.05, 4.69) is 85.5 Å². The summed E-state index contributed by atoms with van der Waals surface area (Å²) in [5.74, 6) is 1.09. The van der Waals surface area contributed by atoms with Crippen LogP contribution in [0.1, 0.15) is 68.5 Å². The van der Waals surface area contributed by atoms with Crippen molar-refractivity contribution in [1.82, 2.24) is 0 Å². The van der Waals surface area contributed by atoms with Crippen molar-refractivity contribution in [2.45, 2.75) is 52.5 Å². The Bertz CT molecular complexity index is 601. The van der Waals surface area contributed by atoms with Gasteiger partial charge in [-0.1, -0.05) is 39.8 Å². The standard InChI is InChI=1S/C18H24BrNS/c1-11(2)14-6-7-17(16(8-14)12(3)4)20-13(5)18-9-15(19)10-21-18/h6-13,20H,1-5H3. The molecular formula is C18H24BrNS. The summed E-state index contributed by atoms with van der Waals surface area (Å²) >= 11 is 5.32. The van der Waals surface area contributed by atoms with E-state index in [1.54, 1.807) is 11.3 Å². The molecule has 1 aromatic heterocycles. The topological polar surface area (TPSA) is 12.0 Å². The summed E-state index contributed by atoms with van der Waals surface area (Å²) < 4.78 is 1.16. The second-order valence-corrected chi connectivity index (χ2v) is 8.05. The molecule has 0 spiro atoms. The van der Waals surface area contributed by atoms with Gasteiger partial charge in [0.25, 0.3) is 0 Å². The minimum absolute atomic E-state index is 0.323. The highest BCUT2D eigenvalue weighted by Crippen LogP contribution is 2.33. The summed E-state index contributed by atoms with van der Waals surface area (Å²) in [4.78, 5) is 1.35. The normalized spacial score (nSPS) is 13.0. The molecule has 0 saturated carbocycles. The maximum Gasteiger partial charge on any atom is 0.0578 e. The maximum absolute atomic E-state index is 3.68. The van der Waals surface area contributed by atoms with Gasteiger partial charge in [0.15, 0.2) is 0 Å². The molecule has 0 saturated heterocycles. The number of thiophene rings is 1. The lowest BCUT2D eigenvalue weighted by molar-refractivity contribution is 0.825. The first-order chi connectivity index (χ1) is 9.88. The Morgan fingerprint density at radius 1 is 1.00 bits per heavy atom. The SMILES string of the molecule is CC(C)c1ccc(NC(C)c2cc(Br)cs2)c(C(C)C)c1. The van der Waals surface area contributed by atoms with E-state index in [1.165, 1.54) is 21.7 Å². The third kappa shape index (κ3) is 4.10. The number of hydrogen-bond donors (Lipinski definition) is 1. The van der Waals surface area contributed by atoms with E-state index in [-0.39, 0.29) is 0 Å². The third-order valence-corrected chi connectivity index (χ3v) is 5.63. The second kappa shape index (κ2) is 6.97. The second-order valence-electron chi connectivity index (χ2n) is 6.19. The molecule has 0 fully saturated rings. The van der Waals surface area contributed by atoms with Crippen molar-refractivity contribution in [2.24, 2.45) is 0 Å². The van der Waals surface area contributed by atoms with Crippen LogP contribution >= 0.6 is 27.3 Å². The van der Waals surface area contributed by atoms with Crippen molar-refractivity contribution in [1.29, 1.82) is 0 Å². The van der Waals surface area contributed by atoms with Gasteiger partial charge in [0.1, 0.15) is 0 Å². The van der Waals surface area contributed by atoms with Gasteiger partial charge in [0.05, 0.1) is 6.04 Å². The van der Waals surface area contributed by atoms with E-state index in [4.69, 9.17) is 0 Å². The Morgan fingerprint density at radius 3 is 2.24 bits per heavy atom. The Labute approximate surface area is 140 Å². The molecule has 0 amide bonds. The van der Waals surface area contributed by atoms with Crippen LogP contribution in [0.2, 0.25) is 0 Å². The predicted molar refractivity (Wildman–Crippen MR) is 98.7 cm³/mol. The van der Waals surface area contributed by atoms with Gasteiger partial charge in [-0.2, -0.15) is 0 Å². The van der Waals surface area contributed by atoms with Gasteiger partial charge in [0.2, 0.25) is 0 Å². The molecule has 2 rings (SSSR count). The minimum Gasteiger partial charge on any atom is -0.377 e. The Kier molecular flexibility index (Phi) is 5.50. The van der Waals surface area contributed by atoms with Crippen LogP contribution in [0.3, 0.4) is 0 Å². The number of hydrogen-bond acceptors (Lipinski definition) is 2. The molecule has 1 nitrogen and oxygen atoms in total. The van der Waals surface area contributed by atoms with E-state index in [9.17, 15) is 0 Å². The maximum atomic E-state index is 3.68. The molecule has 0 aliphatic rings. The fourth-order valence-electron chi connectivity index (χ4n) is 2.41. The van der Waals surface area contributed by atoms with Crippen LogP contribution < -0.4 is 5.32 Å². The zero-order valence-corrected chi connectivity index (χ0v) is 15.8. The largest absolute Gasteiger partial charge is 0.377 e. The highest BCUT2D eigenvalue weighted by Gasteiger charge is 2.13. The molecule has 0 aliphatic carbocycles. The molecule has 0 bridgehead atoms. The average Bonchev–Trinajstić information content (AvgIpc) is 2.85. The van der Waals surface area contributed by atoms with Crippen LogP contribution in [0.15, 0.2) is 34.1 Å². The number of rotatable bonds is 5. The summed E-state index contributed by atoms with van der Waals surface area (Å²) in [6.07, 6.45) is 0. The van der Waals surface area contributed by atoms with Crippen molar-refractivity contribution in [3.8, 4) is 0 Å². The highest BCUT2D eigenvalue weighted by atomic mass is 79.9. The van der Waals surface area contributed by atoms with Gasteiger partial charge >= 0.3 is 0 Å². The number of nitrogens with one attached hydrogen (secondary N) is 1. The Morgan fingerprint density at radius 2 is 1.71 bits per heavy atom.